The number of carbonyl (C=O) groups is 1. The van der Waals surface area contributed by atoms with E-state index in [0.717, 1.165) is 43.9 Å². The molecule has 1 amide bonds. The number of aromatic nitrogens is 2. The summed E-state index contributed by atoms with van der Waals surface area (Å²) in [5.74, 6) is 0.143. The maximum atomic E-state index is 12.8. The van der Waals surface area contributed by atoms with Gasteiger partial charge in [-0.05, 0) is 23.6 Å². The van der Waals surface area contributed by atoms with Crippen molar-refractivity contribution < 1.29 is 4.79 Å². The van der Waals surface area contributed by atoms with Gasteiger partial charge in [-0.2, -0.15) is 0 Å². The smallest absolute Gasteiger partial charge is 0.236 e. The second-order valence-electron chi connectivity index (χ2n) is 7.54. The van der Waals surface area contributed by atoms with Crippen molar-refractivity contribution in [2.75, 3.05) is 18.4 Å². The first-order valence-corrected chi connectivity index (χ1v) is 9.41. The van der Waals surface area contributed by atoms with Crippen LogP contribution in [-0.4, -0.2) is 33.4 Å². The molecule has 27 heavy (non-hydrogen) atoms. The number of carbonyl (C=O) groups excluding carboxylic acids is 1. The molecule has 2 aliphatic rings. The zero-order chi connectivity index (χ0) is 18.3. The highest BCUT2D eigenvalue weighted by atomic mass is 16.2. The van der Waals surface area contributed by atoms with Gasteiger partial charge in [0, 0.05) is 38.1 Å². The molecule has 1 spiro atoms. The predicted molar refractivity (Wildman–Crippen MR) is 104 cm³/mol. The molecule has 1 N–H and O–H groups in total. The summed E-state index contributed by atoms with van der Waals surface area (Å²) in [5.41, 5.74) is 4.16. The van der Waals surface area contributed by atoms with Gasteiger partial charge < -0.3 is 9.88 Å². The first-order chi connectivity index (χ1) is 13.2. The van der Waals surface area contributed by atoms with Crippen molar-refractivity contribution in [3.05, 3.63) is 83.9 Å². The van der Waals surface area contributed by atoms with Gasteiger partial charge in [-0.1, -0.05) is 48.5 Å². The molecular formula is C22H22N4O. The second-order valence-corrected chi connectivity index (χ2v) is 7.54. The van der Waals surface area contributed by atoms with E-state index in [-0.39, 0.29) is 5.91 Å². The average molecular weight is 358 g/mol. The Morgan fingerprint density at radius 1 is 1.04 bits per heavy atom. The molecule has 1 saturated heterocycles. The molecule has 5 nitrogen and oxygen atoms in total. The summed E-state index contributed by atoms with van der Waals surface area (Å²) >= 11 is 0. The predicted octanol–water partition coefficient (Wildman–Crippen LogP) is 3.03. The normalized spacial score (nSPS) is 21.6. The van der Waals surface area contributed by atoms with Crippen molar-refractivity contribution in [1.29, 1.82) is 0 Å². The molecule has 0 aliphatic carbocycles. The maximum Gasteiger partial charge on any atom is 0.236 e. The Hall–Kier alpha value is -2.92. The summed E-state index contributed by atoms with van der Waals surface area (Å²) in [4.78, 5) is 19.5. The lowest BCUT2D eigenvalue weighted by atomic mass is 9.81. The topological polar surface area (TPSA) is 50.2 Å². The summed E-state index contributed by atoms with van der Waals surface area (Å²) in [6.45, 7) is 3.30. The number of hydrogen-bond acceptors (Lipinski definition) is 3. The van der Waals surface area contributed by atoms with Crippen LogP contribution in [0.25, 0.3) is 0 Å². The highest BCUT2D eigenvalue weighted by Crippen LogP contribution is 2.44. The standard InChI is InChI=1S/C22H22N4O/c27-21-22(19-8-4-5-9-20(19)24-21)10-11-25(15-22)14-18-12-23-16-26(18)13-17-6-2-1-3-7-17/h1-9,12,16H,10-11,13-15H2,(H,24,27). The third-order valence-electron chi connectivity index (χ3n) is 5.85. The number of hydrogen-bond donors (Lipinski definition) is 1. The number of likely N-dealkylation sites (tertiary alicyclic amines) is 1. The second kappa shape index (κ2) is 6.35. The number of rotatable bonds is 4. The lowest BCUT2D eigenvalue weighted by Crippen LogP contribution is -2.37. The molecule has 1 unspecified atom stereocenters. The Bertz CT molecular complexity index is 981. The minimum absolute atomic E-state index is 0.143. The molecule has 1 aromatic heterocycles. The quantitative estimate of drug-likeness (QED) is 0.780. The average Bonchev–Trinajstić information content (AvgIpc) is 3.38. The van der Waals surface area contributed by atoms with Crippen molar-refractivity contribution in [1.82, 2.24) is 14.5 Å². The molecule has 3 heterocycles. The fourth-order valence-corrected chi connectivity index (χ4v) is 4.43. The van der Waals surface area contributed by atoms with Crippen LogP contribution in [-0.2, 0) is 23.3 Å². The fraction of sp³-hybridized carbons (Fsp3) is 0.273. The minimum Gasteiger partial charge on any atom is -0.329 e. The van der Waals surface area contributed by atoms with E-state index in [0.29, 0.717) is 0 Å². The Morgan fingerprint density at radius 2 is 1.85 bits per heavy atom. The molecule has 3 aromatic rings. The molecular weight excluding hydrogens is 336 g/mol. The molecule has 5 heteroatoms. The highest BCUT2D eigenvalue weighted by Gasteiger charge is 2.50. The zero-order valence-corrected chi connectivity index (χ0v) is 15.1. The molecule has 5 rings (SSSR count). The van der Waals surface area contributed by atoms with E-state index in [2.05, 4.69) is 50.1 Å². The fourth-order valence-electron chi connectivity index (χ4n) is 4.43. The molecule has 1 atom stereocenters. The van der Waals surface area contributed by atoms with E-state index in [4.69, 9.17) is 0 Å². The van der Waals surface area contributed by atoms with Crippen LogP contribution in [0.1, 0.15) is 23.2 Å². The maximum absolute atomic E-state index is 12.8. The van der Waals surface area contributed by atoms with E-state index in [1.165, 1.54) is 11.3 Å². The van der Waals surface area contributed by atoms with E-state index in [1.54, 1.807) is 0 Å². The van der Waals surface area contributed by atoms with Crippen LogP contribution in [0.4, 0.5) is 5.69 Å². The highest BCUT2D eigenvalue weighted by molar-refractivity contribution is 6.06. The molecule has 2 aromatic carbocycles. The molecule has 0 saturated carbocycles. The first-order valence-electron chi connectivity index (χ1n) is 9.41. The Morgan fingerprint density at radius 3 is 2.74 bits per heavy atom. The SMILES string of the molecule is O=C1Nc2ccccc2C12CCN(Cc1cncn1Cc1ccccc1)C2. The summed E-state index contributed by atoms with van der Waals surface area (Å²) in [5, 5.41) is 3.07. The van der Waals surface area contributed by atoms with E-state index >= 15 is 0 Å². The third-order valence-corrected chi connectivity index (χ3v) is 5.85. The van der Waals surface area contributed by atoms with Gasteiger partial charge in [0.25, 0.3) is 0 Å². The third kappa shape index (κ3) is 2.75. The number of para-hydroxylation sites is 1. The van der Waals surface area contributed by atoms with Crippen LogP contribution in [0.2, 0.25) is 0 Å². The molecule has 1 fully saturated rings. The number of anilines is 1. The van der Waals surface area contributed by atoms with Crippen LogP contribution in [0.5, 0.6) is 0 Å². The Labute approximate surface area is 158 Å². The van der Waals surface area contributed by atoms with E-state index < -0.39 is 5.41 Å². The van der Waals surface area contributed by atoms with Crippen LogP contribution in [0.15, 0.2) is 67.1 Å². The Balaban J connectivity index is 1.34. The molecule has 0 radical (unpaired) electrons. The van der Waals surface area contributed by atoms with Gasteiger partial charge in [-0.3, -0.25) is 9.69 Å². The van der Waals surface area contributed by atoms with Gasteiger partial charge in [0.05, 0.1) is 17.4 Å². The van der Waals surface area contributed by atoms with Crippen LogP contribution in [0, 0.1) is 0 Å². The van der Waals surface area contributed by atoms with Crippen molar-refractivity contribution in [2.45, 2.75) is 24.9 Å². The number of nitrogens with one attached hydrogen (secondary N) is 1. The van der Waals surface area contributed by atoms with Gasteiger partial charge >= 0.3 is 0 Å². The lowest BCUT2D eigenvalue weighted by Gasteiger charge is -2.23. The van der Waals surface area contributed by atoms with Crippen molar-refractivity contribution >= 4 is 11.6 Å². The number of amides is 1. The van der Waals surface area contributed by atoms with E-state index in [1.807, 2.05) is 36.8 Å². The molecule has 136 valence electrons. The number of fused-ring (bicyclic) bond motifs is 2. The number of benzene rings is 2. The first kappa shape index (κ1) is 16.3. The lowest BCUT2D eigenvalue weighted by molar-refractivity contribution is -0.120. The largest absolute Gasteiger partial charge is 0.329 e. The van der Waals surface area contributed by atoms with Crippen molar-refractivity contribution in [3.8, 4) is 0 Å². The van der Waals surface area contributed by atoms with Gasteiger partial charge in [-0.15, -0.1) is 0 Å². The van der Waals surface area contributed by atoms with Crippen LogP contribution < -0.4 is 5.32 Å². The van der Waals surface area contributed by atoms with Gasteiger partial charge in [0.15, 0.2) is 0 Å². The molecule has 0 bridgehead atoms. The summed E-state index contributed by atoms with van der Waals surface area (Å²) in [6.07, 6.45) is 4.70. The monoisotopic (exact) mass is 358 g/mol. The van der Waals surface area contributed by atoms with Gasteiger partial charge in [0.1, 0.15) is 0 Å². The van der Waals surface area contributed by atoms with Gasteiger partial charge in [0.2, 0.25) is 5.91 Å². The summed E-state index contributed by atoms with van der Waals surface area (Å²) in [6, 6.07) is 18.5. The summed E-state index contributed by atoms with van der Waals surface area (Å²) < 4.78 is 2.20. The van der Waals surface area contributed by atoms with Crippen molar-refractivity contribution in [3.63, 3.8) is 0 Å². The van der Waals surface area contributed by atoms with Crippen LogP contribution in [0.3, 0.4) is 0 Å². The minimum atomic E-state index is -0.402. The molecule has 2 aliphatic heterocycles. The van der Waals surface area contributed by atoms with Crippen LogP contribution >= 0.6 is 0 Å². The summed E-state index contributed by atoms with van der Waals surface area (Å²) in [7, 11) is 0. The van der Waals surface area contributed by atoms with E-state index in [9.17, 15) is 4.79 Å². The Kier molecular flexibility index (Phi) is 3.83. The van der Waals surface area contributed by atoms with Crippen molar-refractivity contribution in [2.24, 2.45) is 0 Å². The van der Waals surface area contributed by atoms with Gasteiger partial charge in [-0.25, -0.2) is 4.98 Å². The zero-order valence-electron chi connectivity index (χ0n) is 15.1. The number of nitrogens with zero attached hydrogens (tertiary/aromatic N) is 3. The number of imidazole rings is 1.